The number of hydrogen-bond donors (Lipinski definition) is 1. The molecule has 1 saturated carbocycles. The molecular formula is C15H22N2O3S. The predicted molar refractivity (Wildman–Crippen MR) is 83.7 cm³/mol. The molecule has 0 unspecified atom stereocenters. The highest BCUT2D eigenvalue weighted by Crippen LogP contribution is 2.29. The van der Waals surface area contributed by atoms with Crippen molar-refractivity contribution < 1.29 is 13.2 Å². The summed E-state index contributed by atoms with van der Waals surface area (Å²) in [7, 11) is -3.34. The van der Waals surface area contributed by atoms with Crippen molar-refractivity contribution in [2.75, 3.05) is 18.1 Å². The van der Waals surface area contributed by atoms with E-state index in [1.165, 1.54) is 4.31 Å². The molecule has 6 heteroatoms. The number of para-hydroxylation sites is 1. The van der Waals surface area contributed by atoms with E-state index in [-0.39, 0.29) is 24.4 Å². The number of amides is 1. The van der Waals surface area contributed by atoms with E-state index in [4.69, 9.17) is 0 Å². The largest absolute Gasteiger partial charge is 0.325 e. The van der Waals surface area contributed by atoms with Gasteiger partial charge in [-0.15, -0.1) is 0 Å². The second kappa shape index (κ2) is 6.15. The number of hydrogen-bond acceptors (Lipinski definition) is 3. The normalized spacial score (nSPS) is 15.5. The summed E-state index contributed by atoms with van der Waals surface area (Å²) < 4.78 is 24.7. The van der Waals surface area contributed by atoms with E-state index in [1.807, 2.05) is 24.3 Å². The molecule has 1 aliphatic rings. The number of nitrogens with zero attached hydrogens (tertiary/aromatic N) is 1. The van der Waals surface area contributed by atoms with E-state index in [0.29, 0.717) is 0 Å². The fraction of sp³-hybridized carbons (Fsp3) is 0.533. The average molecular weight is 310 g/mol. The Hall–Kier alpha value is -1.40. The lowest BCUT2D eigenvalue weighted by atomic mass is 10.0. The molecule has 21 heavy (non-hydrogen) atoms. The zero-order valence-electron chi connectivity index (χ0n) is 12.7. The summed E-state index contributed by atoms with van der Waals surface area (Å²) in [4.78, 5) is 12.2. The number of anilines is 1. The van der Waals surface area contributed by atoms with Crippen molar-refractivity contribution in [3.8, 4) is 0 Å². The minimum atomic E-state index is -3.34. The molecule has 0 radical (unpaired) electrons. The van der Waals surface area contributed by atoms with Crippen molar-refractivity contribution in [2.45, 2.75) is 38.6 Å². The highest BCUT2D eigenvalue weighted by molar-refractivity contribution is 7.88. The Balaban J connectivity index is 2.08. The first kappa shape index (κ1) is 16.0. The van der Waals surface area contributed by atoms with Gasteiger partial charge in [-0.05, 0) is 30.4 Å². The van der Waals surface area contributed by atoms with Crippen molar-refractivity contribution in [3.63, 3.8) is 0 Å². The van der Waals surface area contributed by atoms with E-state index in [0.717, 1.165) is 30.3 Å². The van der Waals surface area contributed by atoms with Crippen LogP contribution in [0.1, 0.15) is 38.2 Å². The molecule has 0 aromatic heterocycles. The van der Waals surface area contributed by atoms with Crippen LogP contribution in [0.5, 0.6) is 0 Å². The van der Waals surface area contributed by atoms with Gasteiger partial charge >= 0.3 is 0 Å². The van der Waals surface area contributed by atoms with Crippen LogP contribution in [-0.2, 0) is 14.8 Å². The maximum absolute atomic E-state index is 12.2. The fourth-order valence-corrected chi connectivity index (χ4v) is 3.43. The van der Waals surface area contributed by atoms with Crippen LogP contribution in [0.25, 0.3) is 0 Å². The van der Waals surface area contributed by atoms with Gasteiger partial charge in [-0.2, -0.15) is 4.31 Å². The molecule has 1 aliphatic carbocycles. The number of carbonyl (C=O) groups is 1. The Morgan fingerprint density at radius 1 is 1.33 bits per heavy atom. The van der Waals surface area contributed by atoms with Crippen molar-refractivity contribution in [1.29, 1.82) is 0 Å². The molecule has 1 amide bonds. The molecule has 1 aromatic carbocycles. The molecule has 0 spiro atoms. The van der Waals surface area contributed by atoms with Crippen LogP contribution in [0.2, 0.25) is 0 Å². The maximum atomic E-state index is 12.2. The summed E-state index contributed by atoms with van der Waals surface area (Å²) in [5.41, 5.74) is 1.80. The van der Waals surface area contributed by atoms with Crippen molar-refractivity contribution in [2.24, 2.45) is 0 Å². The molecule has 1 N–H and O–H groups in total. The van der Waals surface area contributed by atoms with Gasteiger partial charge in [-0.25, -0.2) is 8.42 Å². The first-order valence-electron chi connectivity index (χ1n) is 7.14. The molecule has 116 valence electrons. The van der Waals surface area contributed by atoms with E-state index < -0.39 is 10.0 Å². The Morgan fingerprint density at radius 2 is 1.95 bits per heavy atom. The molecule has 2 rings (SSSR count). The van der Waals surface area contributed by atoms with Crippen LogP contribution in [-0.4, -0.2) is 37.5 Å². The van der Waals surface area contributed by atoms with Gasteiger partial charge in [0.2, 0.25) is 15.9 Å². The van der Waals surface area contributed by atoms with E-state index in [9.17, 15) is 13.2 Å². The van der Waals surface area contributed by atoms with Crippen LogP contribution in [0.15, 0.2) is 24.3 Å². The van der Waals surface area contributed by atoms with Crippen LogP contribution in [0.3, 0.4) is 0 Å². The quantitative estimate of drug-likeness (QED) is 0.875. The first-order valence-corrected chi connectivity index (χ1v) is 8.99. The third kappa shape index (κ3) is 4.28. The van der Waals surface area contributed by atoms with Crippen molar-refractivity contribution in [3.05, 3.63) is 29.8 Å². The Labute approximate surface area is 126 Å². The molecule has 0 bridgehead atoms. The molecule has 1 fully saturated rings. The molecule has 0 heterocycles. The highest BCUT2D eigenvalue weighted by atomic mass is 32.2. The predicted octanol–water partition coefficient (Wildman–Crippen LogP) is 2.17. The van der Waals surface area contributed by atoms with Gasteiger partial charge in [-0.3, -0.25) is 4.79 Å². The van der Waals surface area contributed by atoms with Gasteiger partial charge in [0.25, 0.3) is 0 Å². The number of benzene rings is 1. The number of carbonyl (C=O) groups excluding carboxylic acids is 1. The summed E-state index contributed by atoms with van der Waals surface area (Å²) in [6, 6.07) is 7.59. The minimum absolute atomic E-state index is 0.00825. The Morgan fingerprint density at radius 3 is 2.48 bits per heavy atom. The van der Waals surface area contributed by atoms with E-state index >= 15 is 0 Å². The summed E-state index contributed by atoms with van der Waals surface area (Å²) in [5, 5.41) is 2.83. The topological polar surface area (TPSA) is 66.5 Å². The fourth-order valence-electron chi connectivity index (χ4n) is 2.33. The van der Waals surface area contributed by atoms with Crippen LogP contribution < -0.4 is 5.32 Å². The number of sulfonamides is 1. The van der Waals surface area contributed by atoms with Crippen LogP contribution in [0.4, 0.5) is 5.69 Å². The van der Waals surface area contributed by atoms with Gasteiger partial charge in [0.1, 0.15) is 0 Å². The number of rotatable bonds is 6. The molecule has 0 aliphatic heterocycles. The lowest BCUT2D eigenvalue weighted by molar-refractivity contribution is -0.116. The zero-order chi connectivity index (χ0) is 15.6. The van der Waals surface area contributed by atoms with Gasteiger partial charge in [0.05, 0.1) is 12.8 Å². The lowest BCUT2D eigenvalue weighted by Crippen LogP contribution is -2.39. The van der Waals surface area contributed by atoms with Gasteiger partial charge in [0, 0.05) is 11.7 Å². The third-order valence-electron chi connectivity index (χ3n) is 3.54. The van der Waals surface area contributed by atoms with Gasteiger partial charge in [0.15, 0.2) is 0 Å². The summed E-state index contributed by atoms with van der Waals surface area (Å²) in [5.74, 6) is -0.00336. The molecular weight excluding hydrogens is 288 g/mol. The Bertz CT molecular complexity index is 622. The van der Waals surface area contributed by atoms with Gasteiger partial charge < -0.3 is 5.32 Å². The van der Waals surface area contributed by atoms with Crippen LogP contribution in [0, 0.1) is 0 Å². The molecule has 0 saturated heterocycles. The summed E-state index contributed by atoms with van der Waals surface area (Å²) in [6.07, 6.45) is 2.83. The van der Waals surface area contributed by atoms with Crippen molar-refractivity contribution >= 4 is 21.6 Å². The standard InChI is InChI=1S/C15H22N2O3S/c1-11(2)13-6-4-5-7-14(13)16-15(18)10-17(12-8-9-12)21(3,19)20/h4-7,11-12H,8-10H2,1-3H3,(H,16,18). The average Bonchev–Trinajstić information content (AvgIpc) is 3.19. The van der Waals surface area contributed by atoms with Gasteiger partial charge in [-0.1, -0.05) is 32.0 Å². The van der Waals surface area contributed by atoms with Crippen molar-refractivity contribution in [1.82, 2.24) is 4.31 Å². The zero-order valence-corrected chi connectivity index (χ0v) is 13.5. The minimum Gasteiger partial charge on any atom is -0.325 e. The SMILES string of the molecule is CC(C)c1ccccc1NC(=O)CN(C1CC1)S(C)(=O)=O. The lowest BCUT2D eigenvalue weighted by Gasteiger charge is -2.20. The maximum Gasteiger partial charge on any atom is 0.239 e. The molecule has 1 aromatic rings. The molecule has 0 atom stereocenters. The van der Waals surface area contributed by atoms with E-state index in [1.54, 1.807) is 0 Å². The second-order valence-electron chi connectivity index (χ2n) is 5.83. The number of nitrogens with one attached hydrogen (secondary N) is 1. The third-order valence-corrected chi connectivity index (χ3v) is 4.82. The highest BCUT2D eigenvalue weighted by Gasteiger charge is 2.36. The Kier molecular flexibility index (Phi) is 4.68. The monoisotopic (exact) mass is 310 g/mol. The first-order chi connectivity index (χ1) is 9.79. The molecule has 5 nitrogen and oxygen atoms in total. The van der Waals surface area contributed by atoms with Crippen LogP contribution >= 0.6 is 0 Å². The second-order valence-corrected chi connectivity index (χ2v) is 7.76. The smallest absolute Gasteiger partial charge is 0.239 e. The summed E-state index contributed by atoms with van der Waals surface area (Å²) >= 11 is 0. The summed E-state index contributed by atoms with van der Waals surface area (Å²) in [6.45, 7) is 3.99. The van der Waals surface area contributed by atoms with E-state index in [2.05, 4.69) is 19.2 Å².